The van der Waals surface area contributed by atoms with E-state index >= 15 is 0 Å². The second-order valence-electron chi connectivity index (χ2n) is 5.49. The van der Waals surface area contributed by atoms with Crippen LogP contribution in [-0.2, 0) is 20.6 Å². The summed E-state index contributed by atoms with van der Waals surface area (Å²) in [5, 5.41) is 5.51. The number of nitrogens with zero attached hydrogens (tertiary/aromatic N) is 2. The van der Waals surface area contributed by atoms with Crippen LogP contribution in [0.3, 0.4) is 0 Å². The van der Waals surface area contributed by atoms with Crippen molar-refractivity contribution in [2.75, 3.05) is 0 Å². The normalized spacial score (nSPS) is 12.8. The number of hydrogen-bond donors (Lipinski definition) is 1. The van der Waals surface area contributed by atoms with Crippen LogP contribution in [0.4, 0.5) is 0 Å². The van der Waals surface area contributed by atoms with Gasteiger partial charge in [-0.3, -0.25) is 13.9 Å². The molecule has 21 heavy (non-hydrogen) atoms. The fourth-order valence-electron chi connectivity index (χ4n) is 2.30. The van der Waals surface area contributed by atoms with Gasteiger partial charge in [-0.2, -0.15) is 0 Å². The second-order valence-corrected chi connectivity index (χ2v) is 6.47. The Labute approximate surface area is 127 Å². The van der Waals surface area contributed by atoms with Crippen molar-refractivity contribution in [1.82, 2.24) is 14.5 Å². The van der Waals surface area contributed by atoms with Crippen molar-refractivity contribution in [3.63, 3.8) is 0 Å². The largest absolute Gasteiger partial charge is 0.330 e. The standard InChI is InChI=1S/C15H21N3O2S/c1-10(2)14(12-6-5-7-21-12)16-9-11-8-13(19)18(4)15(20)17(11)3/h5-8,10,14,16H,9H2,1-4H3/t14-/m0/s1. The third-order valence-corrected chi connectivity index (χ3v) is 4.60. The van der Waals surface area contributed by atoms with Gasteiger partial charge in [-0.05, 0) is 17.4 Å². The van der Waals surface area contributed by atoms with E-state index in [9.17, 15) is 9.59 Å². The monoisotopic (exact) mass is 307 g/mol. The number of hydrogen-bond acceptors (Lipinski definition) is 4. The van der Waals surface area contributed by atoms with Crippen LogP contribution in [0.2, 0.25) is 0 Å². The highest BCUT2D eigenvalue weighted by molar-refractivity contribution is 7.10. The summed E-state index contributed by atoms with van der Waals surface area (Å²) in [6.45, 7) is 4.80. The molecule has 0 aliphatic heterocycles. The maximum absolute atomic E-state index is 11.9. The summed E-state index contributed by atoms with van der Waals surface area (Å²) in [6, 6.07) is 5.86. The average molecular weight is 307 g/mol. The fraction of sp³-hybridized carbons (Fsp3) is 0.467. The lowest BCUT2D eigenvalue weighted by molar-refractivity contribution is 0.409. The van der Waals surface area contributed by atoms with Gasteiger partial charge in [0, 0.05) is 43.3 Å². The predicted molar refractivity (Wildman–Crippen MR) is 85.7 cm³/mol. The van der Waals surface area contributed by atoms with Crippen molar-refractivity contribution in [3.05, 3.63) is 55.0 Å². The third kappa shape index (κ3) is 3.33. The Bertz CT molecular complexity index is 714. The minimum absolute atomic E-state index is 0.212. The van der Waals surface area contributed by atoms with Crippen molar-refractivity contribution >= 4 is 11.3 Å². The first kappa shape index (κ1) is 15.7. The molecule has 0 unspecified atom stereocenters. The summed E-state index contributed by atoms with van der Waals surface area (Å²) >= 11 is 1.71. The molecule has 2 aromatic rings. The Kier molecular flexibility index (Phi) is 4.80. The van der Waals surface area contributed by atoms with Crippen molar-refractivity contribution < 1.29 is 0 Å². The number of nitrogens with one attached hydrogen (secondary N) is 1. The molecule has 0 bridgehead atoms. The maximum atomic E-state index is 11.9. The molecule has 1 N–H and O–H groups in total. The first-order valence-electron chi connectivity index (χ1n) is 6.94. The van der Waals surface area contributed by atoms with Gasteiger partial charge in [0.05, 0.1) is 0 Å². The third-order valence-electron chi connectivity index (χ3n) is 3.64. The molecule has 0 saturated carbocycles. The SMILES string of the molecule is CC(C)[C@H](NCc1cc(=O)n(C)c(=O)n1C)c1cccs1. The molecule has 0 aromatic carbocycles. The zero-order valence-corrected chi connectivity index (χ0v) is 13.6. The van der Waals surface area contributed by atoms with Crippen LogP contribution in [0, 0.1) is 5.92 Å². The van der Waals surface area contributed by atoms with E-state index in [1.165, 1.54) is 22.6 Å². The molecule has 5 nitrogen and oxygen atoms in total. The number of thiophene rings is 1. The molecular formula is C15H21N3O2S. The highest BCUT2D eigenvalue weighted by atomic mass is 32.1. The van der Waals surface area contributed by atoms with E-state index in [1.807, 2.05) is 6.07 Å². The van der Waals surface area contributed by atoms with E-state index in [1.54, 1.807) is 18.4 Å². The van der Waals surface area contributed by atoms with Crippen molar-refractivity contribution in [3.8, 4) is 0 Å². The first-order valence-corrected chi connectivity index (χ1v) is 7.82. The zero-order chi connectivity index (χ0) is 15.6. The van der Waals surface area contributed by atoms with Crippen LogP contribution in [0.25, 0.3) is 0 Å². The van der Waals surface area contributed by atoms with Crippen LogP contribution in [0.15, 0.2) is 33.2 Å². The summed E-state index contributed by atoms with van der Waals surface area (Å²) in [4.78, 5) is 24.9. The van der Waals surface area contributed by atoms with Crippen molar-refractivity contribution in [2.45, 2.75) is 26.4 Å². The van der Waals surface area contributed by atoms with Crippen molar-refractivity contribution in [1.29, 1.82) is 0 Å². The molecule has 1 atom stereocenters. The fourth-order valence-corrected chi connectivity index (χ4v) is 3.27. The molecule has 114 valence electrons. The van der Waals surface area contributed by atoms with Crippen LogP contribution < -0.4 is 16.6 Å². The van der Waals surface area contributed by atoms with E-state index in [2.05, 4.69) is 30.6 Å². The maximum Gasteiger partial charge on any atom is 0.330 e. The quantitative estimate of drug-likeness (QED) is 0.913. The van der Waals surface area contributed by atoms with Crippen LogP contribution >= 0.6 is 11.3 Å². The highest BCUT2D eigenvalue weighted by Gasteiger charge is 2.17. The van der Waals surface area contributed by atoms with Crippen molar-refractivity contribution in [2.24, 2.45) is 20.0 Å². The Morgan fingerprint density at radius 2 is 1.95 bits per heavy atom. The molecule has 2 rings (SSSR count). The minimum Gasteiger partial charge on any atom is -0.303 e. The lowest BCUT2D eigenvalue weighted by Crippen LogP contribution is -2.39. The Morgan fingerprint density at radius 1 is 1.24 bits per heavy atom. The Balaban J connectivity index is 2.23. The average Bonchev–Trinajstić information content (AvgIpc) is 2.95. The molecule has 0 aliphatic rings. The van der Waals surface area contributed by atoms with Crippen LogP contribution in [0.5, 0.6) is 0 Å². The van der Waals surface area contributed by atoms with Gasteiger partial charge in [-0.25, -0.2) is 4.79 Å². The smallest absolute Gasteiger partial charge is 0.303 e. The molecule has 2 aromatic heterocycles. The Morgan fingerprint density at radius 3 is 2.52 bits per heavy atom. The lowest BCUT2D eigenvalue weighted by atomic mass is 10.0. The summed E-state index contributed by atoms with van der Waals surface area (Å²) in [6.07, 6.45) is 0. The van der Waals surface area contributed by atoms with Gasteiger partial charge in [-0.1, -0.05) is 19.9 Å². The second kappa shape index (κ2) is 6.41. The molecule has 0 aliphatic carbocycles. The van der Waals surface area contributed by atoms with E-state index in [0.29, 0.717) is 18.2 Å². The highest BCUT2D eigenvalue weighted by Crippen LogP contribution is 2.25. The number of rotatable bonds is 5. The molecule has 0 spiro atoms. The van der Waals surface area contributed by atoms with Crippen LogP contribution in [0.1, 0.15) is 30.5 Å². The van der Waals surface area contributed by atoms with Crippen LogP contribution in [-0.4, -0.2) is 9.13 Å². The van der Waals surface area contributed by atoms with E-state index in [-0.39, 0.29) is 17.3 Å². The van der Waals surface area contributed by atoms with E-state index < -0.39 is 0 Å². The minimum atomic E-state index is -0.295. The first-order chi connectivity index (χ1) is 9.91. The van der Waals surface area contributed by atoms with Gasteiger partial charge in [0.15, 0.2) is 0 Å². The van der Waals surface area contributed by atoms with Gasteiger partial charge >= 0.3 is 5.69 Å². The van der Waals surface area contributed by atoms with Gasteiger partial charge in [0.25, 0.3) is 5.56 Å². The summed E-state index contributed by atoms with van der Waals surface area (Å²) in [5.41, 5.74) is 0.133. The van der Waals surface area contributed by atoms with Gasteiger partial charge in [-0.15, -0.1) is 11.3 Å². The summed E-state index contributed by atoms with van der Waals surface area (Å²) in [7, 11) is 3.18. The molecule has 0 fully saturated rings. The number of aromatic nitrogens is 2. The molecule has 2 heterocycles. The summed E-state index contributed by atoms with van der Waals surface area (Å²) in [5.74, 6) is 0.423. The Hall–Kier alpha value is -1.66. The zero-order valence-electron chi connectivity index (χ0n) is 12.8. The van der Waals surface area contributed by atoms with Gasteiger partial charge in [0.1, 0.15) is 0 Å². The molecule has 0 radical (unpaired) electrons. The van der Waals surface area contributed by atoms with Gasteiger partial charge in [0.2, 0.25) is 0 Å². The summed E-state index contributed by atoms with van der Waals surface area (Å²) < 4.78 is 2.63. The molecule has 0 saturated heterocycles. The van der Waals surface area contributed by atoms with Gasteiger partial charge < -0.3 is 5.32 Å². The molecular weight excluding hydrogens is 286 g/mol. The van der Waals surface area contributed by atoms with E-state index in [0.717, 1.165) is 4.57 Å². The lowest BCUT2D eigenvalue weighted by Gasteiger charge is -2.22. The molecule has 0 amide bonds. The topological polar surface area (TPSA) is 56.0 Å². The molecule has 6 heteroatoms. The predicted octanol–water partition coefficient (Wildman–Crippen LogP) is 1.63. The van der Waals surface area contributed by atoms with E-state index in [4.69, 9.17) is 0 Å².